The maximum atomic E-state index is 12.1. The van der Waals surface area contributed by atoms with Gasteiger partial charge < -0.3 is 0 Å². The minimum Gasteiger partial charge on any atom is -0.271 e. The SMILES string of the molecule is NNC(CCC(F)(F)F)C1=CCCCCC1. The minimum absolute atomic E-state index is 0.0336. The molecule has 0 aromatic carbocycles. The molecule has 1 atom stereocenters. The fraction of sp³-hybridized carbons (Fsp3) is 0.818. The third-order valence-electron chi connectivity index (χ3n) is 2.94. The molecule has 0 radical (unpaired) electrons. The Hall–Kier alpha value is -0.550. The van der Waals surface area contributed by atoms with Crippen LogP contribution in [-0.4, -0.2) is 12.2 Å². The highest BCUT2D eigenvalue weighted by atomic mass is 19.4. The molecule has 0 heterocycles. The van der Waals surface area contributed by atoms with E-state index >= 15 is 0 Å². The molecule has 1 aliphatic rings. The first-order chi connectivity index (χ1) is 7.53. The Balaban J connectivity index is 2.49. The predicted octanol–water partition coefficient (Wildman–Crippen LogP) is 3.05. The second-order valence-corrected chi connectivity index (χ2v) is 4.25. The Bertz CT molecular complexity index is 236. The van der Waals surface area contributed by atoms with Crippen LogP contribution < -0.4 is 11.3 Å². The van der Waals surface area contributed by atoms with Crippen LogP contribution in [0.15, 0.2) is 11.6 Å². The van der Waals surface area contributed by atoms with Crippen molar-refractivity contribution in [3.8, 4) is 0 Å². The van der Waals surface area contributed by atoms with Gasteiger partial charge in [0.05, 0.1) is 0 Å². The van der Waals surface area contributed by atoms with Crippen LogP contribution in [0.4, 0.5) is 13.2 Å². The monoisotopic (exact) mass is 236 g/mol. The topological polar surface area (TPSA) is 38.0 Å². The molecule has 1 rings (SSSR count). The molecule has 1 aliphatic carbocycles. The molecule has 0 amide bonds. The summed E-state index contributed by atoms with van der Waals surface area (Å²) in [4.78, 5) is 0. The van der Waals surface area contributed by atoms with Gasteiger partial charge in [0.25, 0.3) is 0 Å². The van der Waals surface area contributed by atoms with Crippen LogP contribution in [-0.2, 0) is 0 Å². The number of hydrazine groups is 1. The molecule has 0 saturated carbocycles. The lowest BCUT2D eigenvalue weighted by molar-refractivity contribution is -0.136. The van der Waals surface area contributed by atoms with E-state index in [9.17, 15) is 13.2 Å². The molecule has 0 aromatic rings. The molecule has 0 aliphatic heterocycles. The van der Waals surface area contributed by atoms with Crippen LogP contribution in [0.5, 0.6) is 0 Å². The number of allylic oxidation sites excluding steroid dienone is 1. The van der Waals surface area contributed by atoms with Gasteiger partial charge in [0.15, 0.2) is 0 Å². The Labute approximate surface area is 94.0 Å². The van der Waals surface area contributed by atoms with Crippen molar-refractivity contribution in [3.63, 3.8) is 0 Å². The third kappa shape index (κ3) is 4.99. The van der Waals surface area contributed by atoms with Crippen molar-refractivity contribution in [2.45, 2.75) is 57.2 Å². The van der Waals surface area contributed by atoms with Crippen molar-refractivity contribution in [1.82, 2.24) is 5.43 Å². The molecule has 94 valence electrons. The molecular weight excluding hydrogens is 217 g/mol. The average Bonchev–Trinajstić information content (AvgIpc) is 2.46. The molecule has 3 N–H and O–H groups in total. The summed E-state index contributed by atoms with van der Waals surface area (Å²) in [6.07, 6.45) is 2.36. The van der Waals surface area contributed by atoms with Crippen LogP contribution in [0, 0.1) is 0 Å². The Kier molecular flexibility index (Phi) is 5.28. The van der Waals surface area contributed by atoms with E-state index in [0.29, 0.717) is 0 Å². The van der Waals surface area contributed by atoms with Crippen LogP contribution in [0.3, 0.4) is 0 Å². The third-order valence-corrected chi connectivity index (χ3v) is 2.94. The van der Waals surface area contributed by atoms with Crippen molar-refractivity contribution >= 4 is 0 Å². The summed E-state index contributed by atoms with van der Waals surface area (Å²) in [5.74, 6) is 5.33. The number of nitrogens with one attached hydrogen (secondary N) is 1. The number of hydrogen-bond acceptors (Lipinski definition) is 2. The summed E-state index contributed by atoms with van der Waals surface area (Å²) in [7, 11) is 0. The maximum Gasteiger partial charge on any atom is 0.389 e. The van der Waals surface area contributed by atoms with Gasteiger partial charge in [-0.25, -0.2) is 0 Å². The van der Waals surface area contributed by atoms with Gasteiger partial charge in [-0.1, -0.05) is 18.1 Å². The lowest BCUT2D eigenvalue weighted by Crippen LogP contribution is -2.37. The lowest BCUT2D eigenvalue weighted by Gasteiger charge is -2.19. The number of rotatable bonds is 4. The molecule has 0 fully saturated rings. The molecule has 5 heteroatoms. The van der Waals surface area contributed by atoms with Gasteiger partial charge in [0, 0.05) is 12.5 Å². The fourth-order valence-electron chi connectivity index (χ4n) is 2.04. The van der Waals surface area contributed by atoms with E-state index in [-0.39, 0.29) is 12.5 Å². The molecule has 1 unspecified atom stereocenters. The van der Waals surface area contributed by atoms with E-state index < -0.39 is 12.6 Å². The van der Waals surface area contributed by atoms with Gasteiger partial charge in [0.2, 0.25) is 0 Å². The second-order valence-electron chi connectivity index (χ2n) is 4.25. The Morgan fingerprint density at radius 3 is 2.69 bits per heavy atom. The van der Waals surface area contributed by atoms with Crippen molar-refractivity contribution in [2.24, 2.45) is 5.84 Å². The van der Waals surface area contributed by atoms with E-state index in [4.69, 9.17) is 5.84 Å². The zero-order valence-electron chi connectivity index (χ0n) is 9.32. The van der Waals surface area contributed by atoms with Crippen molar-refractivity contribution in [3.05, 3.63) is 11.6 Å². The van der Waals surface area contributed by atoms with E-state index in [2.05, 4.69) is 5.43 Å². The number of hydrogen-bond donors (Lipinski definition) is 2. The summed E-state index contributed by atoms with van der Waals surface area (Å²) in [6, 6.07) is -0.320. The van der Waals surface area contributed by atoms with Gasteiger partial charge in [-0.15, -0.1) is 0 Å². The van der Waals surface area contributed by atoms with Crippen molar-refractivity contribution < 1.29 is 13.2 Å². The van der Waals surface area contributed by atoms with E-state index in [1.54, 1.807) is 0 Å². The van der Waals surface area contributed by atoms with E-state index in [1.807, 2.05) is 6.08 Å². The van der Waals surface area contributed by atoms with Gasteiger partial charge >= 0.3 is 6.18 Å². The molecule has 0 spiro atoms. The predicted molar refractivity (Wildman–Crippen MR) is 57.6 cm³/mol. The minimum atomic E-state index is -4.10. The largest absolute Gasteiger partial charge is 0.389 e. The van der Waals surface area contributed by atoms with Crippen molar-refractivity contribution in [1.29, 1.82) is 0 Å². The van der Waals surface area contributed by atoms with Crippen LogP contribution >= 0.6 is 0 Å². The van der Waals surface area contributed by atoms with Gasteiger partial charge in [0.1, 0.15) is 0 Å². The summed E-state index contributed by atoms with van der Waals surface area (Å²) in [5.41, 5.74) is 3.55. The van der Waals surface area contributed by atoms with Gasteiger partial charge in [-0.3, -0.25) is 11.3 Å². The lowest BCUT2D eigenvalue weighted by atomic mass is 9.98. The normalized spacial score (nSPS) is 20.1. The molecule has 0 aromatic heterocycles. The number of halogens is 3. The molecule has 0 saturated heterocycles. The summed E-state index contributed by atoms with van der Waals surface area (Å²) >= 11 is 0. The van der Waals surface area contributed by atoms with E-state index in [0.717, 1.165) is 37.7 Å². The summed E-state index contributed by atoms with van der Waals surface area (Å²) < 4.78 is 36.3. The smallest absolute Gasteiger partial charge is 0.271 e. The van der Waals surface area contributed by atoms with Crippen molar-refractivity contribution in [2.75, 3.05) is 0 Å². The number of alkyl halides is 3. The zero-order valence-corrected chi connectivity index (χ0v) is 9.32. The van der Waals surface area contributed by atoms with Gasteiger partial charge in [-0.05, 0) is 32.1 Å². The first kappa shape index (κ1) is 13.5. The molecular formula is C11H19F3N2. The summed E-state index contributed by atoms with van der Waals surface area (Å²) in [6.45, 7) is 0. The highest BCUT2D eigenvalue weighted by Gasteiger charge is 2.28. The second kappa shape index (κ2) is 6.25. The highest BCUT2D eigenvalue weighted by molar-refractivity contribution is 5.11. The van der Waals surface area contributed by atoms with E-state index in [1.165, 1.54) is 0 Å². The maximum absolute atomic E-state index is 12.1. The van der Waals surface area contributed by atoms with Crippen LogP contribution in [0.2, 0.25) is 0 Å². The first-order valence-corrected chi connectivity index (χ1v) is 5.75. The molecule has 16 heavy (non-hydrogen) atoms. The first-order valence-electron chi connectivity index (χ1n) is 5.75. The highest BCUT2D eigenvalue weighted by Crippen LogP contribution is 2.26. The quantitative estimate of drug-likeness (QED) is 0.447. The van der Waals surface area contributed by atoms with Crippen LogP contribution in [0.1, 0.15) is 44.9 Å². The fourth-order valence-corrected chi connectivity index (χ4v) is 2.04. The Morgan fingerprint density at radius 2 is 2.06 bits per heavy atom. The van der Waals surface area contributed by atoms with Crippen LogP contribution in [0.25, 0.3) is 0 Å². The average molecular weight is 236 g/mol. The molecule has 2 nitrogen and oxygen atoms in total. The molecule has 0 bridgehead atoms. The van der Waals surface area contributed by atoms with Gasteiger partial charge in [-0.2, -0.15) is 13.2 Å². The standard InChI is InChI=1S/C11H19F3N2/c12-11(13,14)8-7-10(16-15)9-5-3-1-2-4-6-9/h5,10,16H,1-4,6-8,15H2. The summed E-state index contributed by atoms with van der Waals surface area (Å²) in [5, 5.41) is 0. The Morgan fingerprint density at radius 1 is 1.31 bits per heavy atom. The zero-order chi connectivity index (χ0) is 12.0. The number of nitrogens with two attached hydrogens (primary N) is 1.